The van der Waals surface area contributed by atoms with Crippen molar-refractivity contribution in [2.75, 3.05) is 13.1 Å². The third kappa shape index (κ3) is 2.04. The van der Waals surface area contributed by atoms with Gasteiger partial charge in [0.25, 0.3) is 0 Å². The molecule has 0 aliphatic carbocycles. The lowest BCUT2D eigenvalue weighted by atomic mass is 9.79. The smallest absolute Gasteiger partial charge is 0.169 e. The molecule has 0 bridgehead atoms. The van der Waals surface area contributed by atoms with Crippen molar-refractivity contribution in [3.8, 4) is 0 Å². The van der Waals surface area contributed by atoms with Crippen LogP contribution in [0.3, 0.4) is 0 Å². The van der Waals surface area contributed by atoms with Crippen LogP contribution in [0.25, 0.3) is 0 Å². The van der Waals surface area contributed by atoms with Gasteiger partial charge >= 0.3 is 0 Å². The highest BCUT2D eigenvalue weighted by atomic mass is 79.9. The molecule has 2 rings (SSSR count). The zero-order valence-corrected chi connectivity index (χ0v) is 10.3. The Morgan fingerprint density at radius 3 is 2.79 bits per heavy atom. The summed E-state index contributed by atoms with van der Waals surface area (Å²) >= 11 is 3.31. The molecule has 0 atom stereocenters. The number of hydrogen-bond acceptors (Lipinski definition) is 2. The summed E-state index contributed by atoms with van der Waals surface area (Å²) < 4.78 is 6.03. The zero-order chi connectivity index (χ0) is 10.2. The van der Waals surface area contributed by atoms with Gasteiger partial charge in [0.15, 0.2) is 4.67 Å². The molecule has 1 aliphatic heterocycles. The minimum atomic E-state index is 0.557. The van der Waals surface area contributed by atoms with Crippen molar-refractivity contribution in [3.63, 3.8) is 0 Å². The van der Waals surface area contributed by atoms with Crippen LogP contribution in [0.15, 0.2) is 21.4 Å². The van der Waals surface area contributed by atoms with Crippen molar-refractivity contribution in [1.82, 2.24) is 4.90 Å². The monoisotopic (exact) mass is 257 g/mol. The highest BCUT2D eigenvalue weighted by Gasteiger charge is 2.36. The molecule has 78 valence electrons. The molecule has 0 unspecified atom stereocenters. The van der Waals surface area contributed by atoms with E-state index in [1.165, 1.54) is 25.1 Å². The van der Waals surface area contributed by atoms with E-state index >= 15 is 0 Å². The Morgan fingerprint density at radius 1 is 1.57 bits per heavy atom. The largest absolute Gasteiger partial charge is 0.457 e. The summed E-state index contributed by atoms with van der Waals surface area (Å²) in [6, 6.07) is 2.04. The Balaban J connectivity index is 1.85. The molecule has 1 saturated heterocycles. The van der Waals surface area contributed by atoms with Crippen LogP contribution in [0.4, 0.5) is 0 Å². The molecule has 1 aliphatic rings. The molecule has 1 fully saturated rings. The van der Waals surface area contributed by atoms with Gasteiger partial charge in [0.1, 0.15) is 0 Å². The lowest BCUT2D eigenvalue weighted by molar-refractivity contribution is 0.00610. The summed E-state index contributed by atoms with van der Waals surface area (Å²) in [6.45, 7) is 8.07. The van der Waals surface area contributed by atoms with Gasteiger partial charge < -0.3 is 4.42 Å². The standard InChI is InChI=1S/C11H16BrNO/c1-3-11(2)7-13(8-11)5-9-4-10(12)14-6-9/h4,6H,3,5,7-8H2,1-2H3. The minimum absolute atomic E-state index is 0.557. The van der Waals surface area contributed by atoms with Gasteiger partial charge in [-0.15, -0.1) is 0 Å². The van der Waals surface area contributed by atoms with Gasteiger partial charge in [-0.2, -0.15) is 0 Å². The van der Waals surface area contributed by atoms with Crippen LogP contribution in [0.1, 0.15) is 25.8 Å². The van der Waals surface area contributed by atoms with Crippen molar-refractivity contribution in [2.45, 2.75) is 26.8 Å². The van der Waals surface area contributed by atoms with Gasteiger partial charge in [-0.25, -0.2) is 0 Å². The average Bonchev–Trinajstić information content (AvgIpc) is 2.48. The molecule has 0 aromatic carbocycles. The molecule has 3 heteroatoms. The van der Waals surface area contributed by atoms with Gasteiger partial charge in [0.2, 0.25) is 0 Å². The third-order valence-corrected chi connectivity index (χ3v) is 3.51. The summed E-state index contributed by atoms with van der Waals surface area (Å²) in [7, 11) is 0. The lowest BCUT2D eigenvalue weighted by Crippen LogP contribution is -2.53. The van der Waals surface area contributed by atoms with E-state index in [1.54, 1.807) is 0 Å². The molecule has 0 N–H and O–H groups in total. The Labute approximate surface area is 93.4 Å². The topological polar surface area (TPSA) is 16.4 Å². The van der Waals surface area contributed by atoms with Crippen molar-refractivity contribution in [2.24, 2.45) is 5.41 Å². The van der Waals surface area contributed by atoms with Crippen molar-refractivity contribution in [3.05, 3.63) is 22.6 Å². The Bertz CT molecular complexity index is 315. The molecule has 2 heterocycles. The number of halogens is 1. The first-order chi connectivity index (χ1) is 6.61. The summed E-state index contributed by atoms with van der Waals surface area (Å²) in [5.74, 6) is 0. The second-order valence-electron chi connectivity index (χ2n) is 4.57. The Hall–Kier alpha value is -0.280. The first kappa shape index (κ1) is 10.2. The molecule has 0 radical (unpaired) electrons. The number of nitrogens with zero attached hydrogens (tertiary/aromatic N) is 1. The van der Waals surface area contributed by atoms with E-state index in [-0.39, 0.29) is 0 Å². The summed E-state index contributed by atoms with van der Waals surface area (Å²) in [6.07, 6.45) is 3.10. The second-order valence-corrected chi connectivity index (χ2v) is 5.35. The van der Waals surface area contributed by atoms with Crippen LogP contribution in [-0.4, -0.2) is 18.0 Å². The molecule has 1 aromatic rings. The lowest BCUT2D eigenvalue weighted by Gasteiger charge is -2.47. The predicted octanol–water partition coefficient (Wildman–Crippen LogP) is 3.27. The van der Waals surface area contributed by atoms with Gasteiger partial charge in [0, 0.05) is 25.2 Å². The third-order valence-electron chi connectivity index (χ3n) is 3.09. The molecule has 0 spiro atoms. The Kier molecular flexibility index (Phi) is 2.71. The first-order valence-electron chi connectivity index (χ1n) is 5.06. The SMILES string of the molecule is CCC1(C)CN(Cc2coc(Br)c2)C1. The fourth-order valence-electron chi connectivity index (χ4n) is 2.06. The van der Waals surface area contributed by atoms with Crippen LogP contribution < -0.4 is 0 Å². The van der Waals surface area contributed by atoms with Crippen molar-refractivity contribution in [1.29, 1.82) is 0 Å². The van der Waals surface area contributed by atoms with Crippen LogP contribution in [0.2, 0.25) is 0 Å². The van der Waals surface area contributed by atoms with E-state index in [9.17, 15) is 0 Å². The summed E-state index contributed by atoms with van der Waals surface area (Å²) in [4.78, 5) is 2.46. The first-order valence-corrected chi connectivity index (χ1v) is 5.86. The van der Waals surface area contributed by atoms with E-state index < -0.39 is 0 Å². The van der Waals surface area contributed by atoms with Crippen LogP contribution >= 0.6 is 15.9 Å². The minimum Gasteiger partial charge on any atom is -0.457 e. The van der Waals surface area contributed by atoms with Crippen molar-refractivity contribution >= 4 is 15.9 Å². The van der Waals surface area contributed by atoms with Crippen LogP contribution in [0.5, 0.6) is 0 Å². The quantitative estimate of drug-likeness (QED) is 0.827. The molecule has 0 saturated carbocycles. The summed E-state index contributed by atoms with van der Waals surface area (Å²) in [5.41, 5.74) is 1.82. The van der Waals surface area contributed by atoms with Gasteiger partial charge in [0.05, 0.1) is 6.26 Å². The van der Waals surface area contributed by atoms with Crippen LogP contribution in [0, 0.1) is 5.41 Å². The van der Waals surface area contributed by atoms with E-state index in [0.29, 0.717) is 5.41 Å². The predicted molar refractivity (Wildman–Crippen MR) is 60.1 cm³/mol. The molecule has 0 amide bonds. The van der Waals surface area contributed by atoms with Gasteiger partial charge in [-0.3, -0.25) is 4.90 Å². The van der Waals surface area contributed by atoms with E-state index in [2.05, 4.69) is 34.7 Å². The van der Waals surface area contributed by atoms with E-state index in [1.807, 2.05) is 12.3 Å². The maximum Gasteiger partial charge on any atom is 0.169 e. The second kappa shape index (κ2) is 3.70. The fourth-order valence-corrected chi connectivity index (χ4v) is 2.44. The van der Waals surface area contributed by atoms with Crippen LogP contribution in [-0.2, 0) is 6.54 Å². The molecular formula is C11H16BrNO. The average molecular weight is 258 g/mol. The van der Waals surface area contributed by atoms with Gasteiger partial charge in [-0.1, -0.05) is 13.8 Å². The highest BCUT2D eigenvalue weighted by molar-refractivity contribution is 9.10. The van der Waals surface area contributed by atoms with Gasteiger partial charge in [-0.05, 0) is 33.8 Å². The van der Waals surface area contributed by atoms with E-state index in [0.717, 1.165) is 11.2 Å². The normalized spacial score (nSPS) is 20.8. The highest BCUT2D eigenvalue weighted by Crippen LogP contribution is 2.34. The fraction of sp³-hybridized carbons (Fsp3) is 0.636. The van der Waals surface area contributed by atoms with E-state index in [4.69, 9.17) is 4.42 Å². The maximum absolute atomic E-state index is 5.20. The molecule has 14 heavy (non-hydrogen) atoms. The zero-order valence-electron chi connectivity index (χ0n) is 8.72. The number of likely N-dealkylation sites (tertiary alicyclic amines) is 1. The number of furan rings is 1. The number of rotatable bonds is 3. The number of hydrogen-bond donors (Lipinski definition) is 0. The molecular weight excluding hydrogens is 242 g/mol. The molecule has 1 aromatic heterocycles. The van der Waals surface area contributed by atoms with Crippen molar-refractivity contribution < 1.29 is 4.42 Å². The maximum atomic E-state index is 5.20. The summed E-state index contributed by atoms with van der Waals surface area (Å²) in [5, 5.41) is 0. The Morgan fingerprint density at radius 2 is 2.29 bits per heavy atom. The molecule has 2 nitrogen and oxygen atoms in total.